The molecule has 116 valence electrons. The second kappa shape index (κ2) is 6.97. The highest BCUT2D eigenvalue weighted by atomic mass is 16.6. The van der Waals surface area contributed by atoms with Crippen LogP contribution in [0.2, 0.25) is 0 Å². The molecule has 0 saturated carbocycles. The predicted molar refractivity (Wildman–Crippen MR) is 78.4 cm³/mol. The van der Waals surface area contributed by atoms with Crippen LogP contribution in [-0.2, 0) is 20.7 Å². The lowest BCUT2D eigenvalue weighted by atomic mass is 9.99. The Balaban J connectivity index is 3.16. The van der Waals surface area contributed by atoms with Gasteiger partial charge in [-0.1, -0.05) is 0 Å². The highest BCUT2D eigenvalue weighted by Crippen LogP contribution is 2.37. The number of hydrogen-bond donors (Lipinski definition) is 1. The molecule has 0 saturated heterocycles. The molecule has 1 rings (SSSR count). The first-order valence-electron chi connectivity index (χ1n) is 6.57. The minimum absolute atomic E-state index is 0.281. The summed E-state index contributed by atoms with van der Waals surface area (Å²) in [6.45, 7) is 6.27. The monoisotopic (exact) mass is 295 g/mol. The van der Waals surface area contributed by atoms with E-state index in [1.54, 1.807) is 13.0 Å². The van der Waals surface area contributed by atoms with E-state index in [0.29, 0.717) is 17.9 Å². The van der Waals surface area contributed by atoms with Crippen molar-refractivity contribution < 1.29 is 23.8 Å². The molecule has 1 aromatic rings. The molecule has 0 aliphatic carbocycles. The number of nitrogen functional groups attached to an aromatic ring is 1. The molecule has 21 heavy (non-hydrogen) atoms. The van der Waals surface area contributed by atoms with Gasteiger partial charge in [-0.25, -0.2) is 0 Å². The van der Waals surface area contributed by atoms with Crippen molar-refractivity contribution in [3.8, 4) is 11.5 Å². The lowest BCUT2D eigenvalue weighted by Crippen LogP contribution is -2.17. The number of methoxy groups -OCH3 is 1. The largest absolute Gasteiger partial charge is 0.493 e. The van der Waals surface area contributed by atoms with E-state index in [0.717, 1.165) is 11.1 Å². The van der Waals surface area contributed by atoms with Gasteiger partial charge in [-0.2, -0.15) is 0 Å². The van der Waals surface area contributed by atoms with Crippen LogP contribution >= 0.6 is 0 Å². The van der Waals surface area contributed by atoms with Gasteiger partial charge in [0.2, 0.25) is 0 Å². The molecule has 0 aromatic heterocycles. The third kappa shape index (κ3) is 4.37. The van der Waals surface area contributed by atoms with Crippen molar-refractivity contribution in [2.45, 2.75) is 40.2 Å². The van der Waals surface area contributed by atoms with Crippen LogP contribution < -0.4 is 15.2 Å². The molecule has 0 bridgehead atoms. The Labute approximate surface area is 124 Å². The third-order valence-electron chi connectivity index (χ3n) is 2.97. The van der Waals surface area contributed by atoms with Crippen molar-refractivity contribution in [3.63, 3.8) is 0 Å². The second-order valence-corrected chi connectivity index (χ2v) is 4.82. The first-order chi connectivity index (χ1) is 9.76. The van der Waals surface area contributed by atoms with Crippen molar-refractivity contribution >= 4 is 17.6 Å². The zero-order chi connectivity index (χ0) is 16.2. The van der Waals surface area contributed by atoms with E-state index < -0.39 is 5.97 Å². The van der Waals surface area contributed by atoms with Gasteiger partial charge in [0.25, 0.3) is 0 Å². The average molecular weight is 295 g/mol. The van der Waals surface area contributed by atoms with Gasteiger partial charge in [0.1, 0.15) is 6.10 Å². The van der Waals surface area contributed by atoms with Crippen LogP contribution in [0.15, 0.2) is 6.07 Å². The Bertz CT molecular complexity index is 553. The summed E-state index contributed by atoms with van der Waals surface area (Å²) in [6, 6.07) is 1.54. The normalized spacial score (nSPS) is 11.7. The van der Waals surface area contributed by atoms with E-state index in [-0.39, 0.29) is 17.8 Å². The highest BCUT2D eigenvalue weighted by Gasteiger charge is 2.19. The summed E-state index contributed by atoms with van der Waals surface area (Å²) >= 11 is 0. The molecule has 0 aliphatic heterocycles. The molecule has 1 aromatic carbocycles. The van der Waals surface area contributed by atoms with Crippen LogP contribution in [0, 0.1) is 6.92 Å². The molecule has 0 spiro atoms. The molecule has 1 unspecified atom stereocenters. The third-order valence-corrected chi connectivity index (χ3v) is 2.97. The second-order valence-electron chi connectivity index (χ2n) is 4.82. The van der Waals surface area contributed by atoms with E-state index in [1.807, 2.05) is 6.92 Å². The van der Waals surface area contributed by atoms with Gasteiger partial charge in [0.15, 0.2) is 11.5 Å². The Morgan fingerprint density at radius 1 is 1.29 bits per heavy atom. The number of anilines is 1. The molecule has 0 fully saturated rings. The molecule has 2 N–H and O–H groups in total. The summed E-state index contributed by atoms with van der Waals surface area (Å²) < 4.78 is 15.5. The number of nitrogens with two attached hydrogens (primary N) is 1. The van der Waals surface area contributed by atoms with Crippen LogP contribution in [-0.4, -0.2) is 25.2 Å². The van der Waals surface area contributed by atoms with Gasteiger partial charge in [-0.3, -0.25) is 9.59 Å². The van der Waals surface area contributed by atoms with Crippen LogP contribution in [0.3, 0.4) is 0 Å². The molecule has 6 heteroatoms. The fraction of sp³-hybridized carbons (Fsp3) is 0.467. The molecule has 0 radical (unpaired) electrons. The van der Waals surface area contributed by atoms with Crippen molar-refractivity contribution in [1.29, 1.82) is 0 Å². The van der Waals surface area contributed by atoms with Gasteiger partial charge >= 0.3 is 11.9 Å². The van der Waals surface area contributed by atoms with Crippen LogP contribution in [0.25, 0.3) is 0 Å². The maximum atomic E-state index is 11.1. The van der Waals surface area contributed by atoms with Gasteiger partial charge in [0.05, 0.1) is 7.11 Å². The van der Waals surface area contributed by atoms with E-state index in [1.165, 1.54) is 21.0 Å². The quantitative estimate of drug-likeness (QED) is 0.508. The summed E-state index contributed by atoms with van der Waals surface area (Å²) in [4.78, 5) is 22.1. The molecule has 0 amide bonds. The molecule has 0 heterocycles. The molecule has 6 nitrogen and oxygen atoms in total. The summed E-state index contributed by atoms with van der Waals surface area (Å²) in [5, 5.41) is 0. The fourth-order valence-electron chi connectivity index (χ4n) is 2.20. The minimum Gasteiger partial charge on any atom is -0.493 e. The van der Waals surface area contributed by atoms with E-state index >= 15 is 0 Å². The van der Waals surface area contributed by atoms with Gasteiger partial charge < -0.3 is 19.9 Å². The maximum Gasteiger partial charge on any atom is 0.308 e. The standard InChI is InChI=1S/C15H21NO5/c1-8(20-10(3)17)6-12-9(2)15(19-5)14(7-13(12)16)21-11(4)18/h7-8H,6,16H2,1-5H3. The van der Waals surface area contributed by atoms with Gasteiger partial charge in [-0.15, -0.1) is 0 Å². The van der Waals surface area contributed by atoms with Crippen molar-refractivity contribution in [2.24, 2.45) is 0 Å². The summed E-state index contributed by atoms with van der Waals surface area (Å²) in [7, 11) is 1.49. The van der Waals surface area contributed by atoms with Crippen LogP contribution in [0.4, 0.5) is 5.69 Å². The van der Waals surface area contributed by atoms with Crippen LogP contribution in [0.5, 0.6) is 11.5 Å². The first kappa shape index (κ1) is 16.8. The SMILES string of the molecule is COc1c(OC(C)=O)cc(N)c(CC(C)OC(C)=O)c1C. The zero-order valence-electron chi connectivity index (χ0n) is 13.0. The smallest absolute Gasteiger partial charge is 0.308 e. The minimum atomic E-state index is -0.451. The zero-order valence-corrected chi connectivity index (χ0v) is 13.0. The fourth-order valence-corrected chi connectivity index (χ4v) is 2.20. The highest BCUT2D eigenvalue weighted by molar-refractivity contribution is 5.73. The Morgan fingerprint density at radius 3 is 2.38 bits per heavy atom. The molecular weight excluding hydrogens is 274 g/mol. The first-order valence-corrected chi connectivity index (χ1v) is 6.57. The number of benzene rings is 1. The average Bonchev–Trinajstić information content (AvgIpc) is 2.33. The summed E-state index contributed by atoms with van der Waals surface area (Å²) in [5.41, 5.74) is 8.03. The molecular formula is C15H21NO5. The maximum absolute atomic E-state index is 11.1. The van der Waals surface area contributed by atoms with E-state index in [2.05, 4.69) is 0 Å². The Morgan fingerprint density at radius 2 is 1.90 bits per heavy atom. The lowest BCUT2D eigenvalue weighted by molar-refractivity contribution is -0.145. The predicted octanol–water partition coefficient (Wildman–Crippen LogP) is 2.01. The van der Waals surface area contributed by atoms with E-state index in [9.17, 15) is 9.59 Å². The molecule has 1 atom stereocenters. The summed E-state index contributed by atoms with van der Waals surface area (Å²) in [5.74, 6) is -0.0660. The number of ether oxygens (including phenoxy) is 3. The number of carbonyl (C=O) groups is 2. The topological polar surface area (TPSA) is 87.8 Å². The number of rotatable bonds is 5. The number of hydrogen-bond acceptors (Lipinski definition) is 6. The van der Waals surface area contributed by atoms with Crippen molar-refractivity contribution in [2.75, 3.05) is 12.8 Å². The Hall–Kier alpha value is -2.24. The van der Waals surface area contributed by atoms with Gasteiger partial charge in [-0.05, 0) is 19.4 Å². The molecule has 0 aliphatic rings. The lowest BCUT2D eigenvalue weighted by Gasteiger charge is -2.19. The van der Waals surface area contributed by atoms with Crippen molar-refractivity contribution in [3.05, 3.63) is 17.2 Å². The number of esters is 2. The summed E-state index contributed by atoms with van der Waals surface area (Å²) in [6.07, 6.45) is 0.140. The van der Waals surface area contributed by atoms with E-state index in [4.69, 9.17) is 19.9 Å². The van der Waals surface area contributed by atoms with Crippen LogP contribution in [0.1, 0.15) is 31.9 Å². The number of carbonyl (C=O) groups excluding carboxylic acids is 2. The van der Waals surface area contributed by atoms with Gasteiger partial charge in [0, 0.05) is 37.6 Å². The Kier molecular flexibility index (Phi) is 5.58. The van der Waals surface area contributed by atoms with Crippen molar-refractivity contribution in [1.82, 2.24) is 0 Å².